The number of esters is 1. The molecule has 0 saturated carbocycles. The van der Waals surface area contributed by atoms with E-state index in [1.807, 2.05) is 30.3 Å². The van der Waals surface area contributed by atoms with E-state index >= 15 is 0 Å². The number of pyridine rings is 1. The molecule has 0 aliphatic heterocycles. The van der Waals surface area contributed by atoms with Crippen LogP contribution in [0.15, 0.2) is 48.5 Å². The summed E-state index contributed by atoms with van der Waals surface area (Å²) in [5.41, 5.74) is 5.18. The van der Waals surface area contributed by atoms with Crippen LogP contribution < -0.4 is 4.74 Å². The molecule has 0 unspecified atom stereocenters. The zero-order valence-electron chi connectivity index (χ0n) is 14.1. The Morgan fingerprint density at radius 2 is 1.79 bits per heavy atom. The lowest BCUT2D eigenvalue weighted by molar-refractivity contribution is -0.131. The van der Waals surface area contributed by atoms with Crippen LogP contribution in [0.2, 0.25) is 0 Å². The van der Waals surface area contributed by atoms with Crippen molar-refractivity contribution in [2.24, 2.45) is 0 Å². The van der Waals surface area contributed by atoms with Crippen molar-refractivity contribution in [2.75, 3.05) is 0 Å². The number of carbonyl (C=O) groups excluding carboxylic acids is 1. The molecule has 24 heavy (non-hydrogen) atoms. The fourth-order valence-electron chi connectivity index (χ4n) is 3.69. The van der Waals surface area contributed by atoms with Gasteiger partial charge in [0.05, 0.1) is 11.2 Å². The first-order chi connectivity index (χ1) is 11.5. The predicted octanol–water partition coefficient (Wildman–Crippen LogP) is 4.66. The monoisotopic (exact) mass is 317 g/mol. The van der Waals surface area contributed by atoms with E-state index in [9.17, 15) is 4.79 Å². The normalized spacial score (nSPS) is 14.8. The first-order valence-corrected chi connectivity index (χ1v) is 8.17. The Bertz CT molecular complexity index is 973. The minimum Gasteiger partial charge on any atom is -0.426 e. The minimum atomic E-state index is -0.301. The molecule has 1 heterocycles. The number of aromatic nitrogens is 1. The van der Waals surface area contributed by atoms with Crippen molar-refractivity contribution < 1.29 is 9.53 Å². The van der Waals surface area contributed by atoms with E-state index in [1.165, 1.54) is 12.5 Å². The van der Waals surface area contributed by atoms with Crippen LogP contribution in [-0.2, 0) is 16.6 Å². The molecule has 0 saturated heterocycles. The van der Waals surface area contributed by atoms with Gasteiger partial charge in [0.1, 0.15) is 5.75 Å². The molecule has 0 amide bonds. The molecule has 3 aromatic rings. The molecule has 0 radical (unpaired) electrons. The lowest BCUT2D eigenvalue weighted by Gasteiger charge is -2.34. The van der Waals surface area contributed by atoms with E-state index in [4.69, 9.17) is 9.72 Å². The van der Waals surface area contributed by atoms with Crippen molar-refractivity contribution in [3.63, 3.8) is 0 Å². The second-order valence-electron chi connectivity index (χ2n) is 6.99. The highest BCUT2D eigenvalue weighted by Crippen LogP contribution is 2.47. The molecule has 1 aromatic heterocycles. The van der Waals surface area contributed by atoms with Crippen molar-refractivity contribution in [1.82, 2.24) is 4.98 Å². The van der Waals surface area contributed by atoms with Gasteiger partial charge in [0.15, 0.2) is 0 Å². The standard InChI is InChI=1S/C21H19NO2/c1-13(23)24-20-15-9-5-7-11-18(15)22-19-14-8-4-6-10-17(14)21(2,3)12-16(19)20/h4-11H,12H2,1-3H3. The third kappa shape index (κ3) is 2.20. The van der Waals surface area contributed by atoms with Crippen molar-refractivity contribution >= 4 is 16.9 Å². The highest BCUT2D eigenvalue weighted by Gasteiger charge is 2.34. The van der Waals surface area contributed by atoms with Gasteiger partial charge in [-0.1, -0.05) is 50.2 Å². The van der Waals surface area contributed by atoms with E-state index in [1.54, 1.807) is 0 Å². The number of rotatable bonds is 1. The molecule has 1 aliphatic rings. The number of para-hydroxylation sites is 1. The summed E-state index contributed by atoms with van der Waals surface area (Å²) in [6.07, 6.45) is 0.791. The van der Waals surface area contributed by atoms with Crippen LogP contribution in [-0.4, -0.2) is 11.0 Å². The number of fused-ring (bicyclic) bond motifs is 4. The maximum absolute atomic E-state index is 11.7. The Morgan fingerprint density at radius 3 is 2.58 bits per heavy atom. The van der Waals surface area contributed by atoms with Crippen LogP contribution >= 0.6 is 0 Å². The van der Waals surface area contributed by atoms with Crippen molar-refractivity contribution in [3.8, 4) is 17.0 Å². The molecule has 0 fully saturated rings. The van der Waals surface area contributed by atoms with Gasteiger partial charge in [-0.2, -0.15) is 0 Å². The lowest BCUT2D eigenvalue weighted by Crippen LogP contribution is -2.27. The molecular weight excluding hydrogens is 298 g/mol. The maximum atomic E-state index is 11.7. The molecule has 2 aromatic carbocycles. The van der Waals surface area contributed by atoms with Gasteiger partial charge in [-0.05, 0) is 29.5 Å². The summed E-state index contributed by atoms with van der Waals surface area (Å²) >= 11 is 0. The number of carbonyl (C=O) groups is 1. The number of nitrogens with zero attached hydrogens (tertiary/aromatic N) is 1. The smallest absolute Gasteiger partial charge is 0.308 e. The summed E-state index contributed by atoms with van der Waals surface area (Å²) in [6.45, 7) is 5.90. The second-order valence-corrected chi connectivity index (χ2v) is 6.99. The van der Waals surface area contributed by atoms with Crippen LogP contribution in [0.25, 0.3) is 22.2 Å². The molecular formula is C21H19NO2. The third-order valence-corrected chi connectivity index (χ3v) is 4.72. The molecule has 1 aliphatic carbocycles. The summed E-state index contributed by atoms with van der Waals surface area (Å²) in [7, 11) is 0. The summed E-state index contributed by atoms with van der Waals surface area (Å²) in [5.74, 6) is 0.357. The molecule has 4 rings (SSSR count). The summed E-state index contributed by atoms with van der Waals surface area (Å²) in [6, 6.07) is 16.2. The Balaban J connectivity index is 2.11. The molecule has 0 atom stereocenters. The number of ether oxygens (including phenoxy) is 1. The van der Waals surface area contributed by atoms with Gasteiger partial charge in [-0.25, -0.2) is 4.98 Å². The number of hydrogen-bond acceptors (Lipinski definition) is 3. The molecule has 3 heteroatoms. The van der Waals surface area contributed by atoms with E-state index < -0.39 is 0 Å². The van der Waals surface area contributed by atoms with Crippen LogP contribution in [0.3, 0.4) is 0 Å². The first kappa shape index (κ1) is 14.9. The van der Waals surface area contributed by atoms with Crippen LogP contribution in [0.5, 0.6) is 5.75 Å². The average molecular weight is 317 g/mol. The molecule has 0 N–H and O–H groups in total. The van der Waals surface area contributed by atoms with Crippen molar-refractivity contribution in [1.29, 1.82) is 0 Å². The Hall–Kier alpha value is -2.68. The zero-order valence-corrected chi connectivity index (χ0v) is 14.1. The van der Waals surface area contributed by atoms with Crippen molar-refractivity contribution in [2.45, 2.75) is 32.6 Å². The van der Waals surface area contributed by atoms with Gasteiger partial charge in [-0.3, -0.25) is 4.79 Å². The summed E-state index contributed by atoms with van der Waals surface area (Å²) < 4.78 is 5.66. The average Bonchev–Trinajstić information content (AvgIpc) is 2.55. The van der Waals surface area contributed by atoms with Gasteiger partial charge in [0.2, 0.25) is 0 Å². The van der Waals surface area contributed by atoms with E-state index in [-0.39, 0.29) is 11.4 Å². The topological polar surface area (TPSA) is 39.2 Å². The lowest BCUT2D eigenvalue weighted by atomic mass is 9.71. The van der Waals surface area contributed by atoms with Crippen LogP contribution in [0, 0.1) is 0 Å². The SMILES string of the molecule is CC(=O)Oc1c2c(nc3ccccc13)-c1ccccc1C(C)(C)C2. The molecule has 3 nitrogen and oxygen atoms in total. The van der Waals surface area contributed by atoms with E-state index in [0.717, 1.165) is 34.1 Å². The highest BCUT2D eigenvalue weighted by molar-refractivity contribution is 5.93. The van der Waals surface area contributed by atoms with Gasteiger partial charge in [0.25, 0.3) is 0 Å². The van der Waals surface area contributed by atoms with Gasteiger partial charge in [0, 0.05) is 23.4 Å². The quantitative estimate of drug-likeness (QED) is 0.613. The largest absolute Gasteiger partial charge is 0.426 e. The zero-order chi connectivity index (χ0) is 16.9. The third-order valence-electron chi connectivity index (χ3n) is 4.72. The van der Waals surface area contributed by atoms with Crippen molar-refractivity contribution in [3.05, 3.63) is 59.7 Å². The van der Waals surface area contributed by atoms with Gasteiger partial charge >= 0.3 is 5.97 Å². The van der Waals surface area contributed by atoms with E-state index in [2.05, 4.69) is 32.0 Å². The van der Waals surface area contributed by atoms with Gasteiger partial charge < -0.3 is 4.74 Å². The number of benzene rings is 2. The number of hydrogen-bond donors (Lipinski definition) is 0. The fraction of sp³-hybridized carbons (Fsp3) is 0.238. The highest BCUT2D eigenvalue weighted by atomic mass is 16.5. The summed E-state index contributed by atoms with van der Waals surface area (Å²) in [5, 5.41) is 0.890. The molecule has 120 valence electrons. The Morgan fingerprint density at radius 1 is 1.08 bits per heavy atom. The predicted molar refractivity (Wildman–Crippen MR) is 95.2 cm³/mol. The Labute approximate surface area is 141 Å². The first-order valence-electron chi connectivity index (χ1n) is 8.17. The van der Waals surface area contributed by atoms with Crippen LogP contribution in [0.1, 0.15) is 31.9 Å². The maximum Gasteiger partial charge on any atom is 0.308 e. The molecule has 0 bridgehead atoms. The van der Waals surface area contributed by atoms with E-state index in [0.29, 0.717) is 5.75 Å². The Kier molecular flexibility index (Phi) is 3.20. The minimum absolute atomic E-state index is 0.0391. The van der Waals surface area contributed by atoms with Crippen LogP contribution in [0.4, 0.5) is 0 Å². The molecule has 0 spiro atoms. The second kappa shape index (κ2) is 5.17. The fourth-order valence-corrected chi connectivity index (χ4v) is 3.69. The summed E-state index contributed by atoms with van der Waals surface area (Å²) in [4.78, 5) is 16.6. The van der Waals surface area contributed by atoms with Gasteiger partial charge in [-0.15, -0.1) is 0 Å².